The SMILES string of the molecule is CCCCN(CCCC)/N=N/c1nc[nH]c1C(=O)OCC. The van der Waals surface area contributed by atoms with Gasteiger partial charge in [0, 0.05) is 13.1 Å². The molecule has 0 amide bonds. The van der Waals surface area contributed by atoms with Crippen LogP contribution in [0.5, 0.6) is 0 Å². The molecule has 0 saturated heterocycles. The number of imidazole rings is 1. The minimum Gasteiger partial charge on any atom is -0.461 e. The number of rotatable bonds is 10. The van der Waals surface area contributed by atoms with Crippen LogP contribution in [0.2, 0.25) is 0 Å². The van der Waals surface area contributed by atoms with E-state index in [1.807, 2.05) is 5.01 Å². The van der Waals surface area contributed by atoms with Gasteiger partial charge >= 0.3 is 5.97 Å². The van der Waals surface area contributed by atoms with E-state index in [4.69, 9.17) is 4.74 Å². The quantitative estimate of drug-likeness (QED) is 0.407. The molecule has 0 aromatic carbocycles. The summed E-state index contributed by atoms with van der Waals surface area (Å²) in [6, 6.07) is 0. The topological polar surface area (TPSA) is 82.9 Å². The average molecular weight is 295 g/mol. The van der Waals surface area contributed by atoms with Crippen molar-refractivity contribution in [3.05, 3.63) is 12.0 Å². The van der Waals surface area contributed by atoms with Crippen LogP contribution in [0.3, 0.4) is 0 Å². The first kappa shape index (κ1) is 17.1. The van der Waals surface area contributed by atoms with Crippen LogP contribution in [0, 0.1) is 0 Å². The summed E-state index contributed by atoms with van der Waals surface area (Å²) >= 11 is 0. The number of ether oxygens (including phenoxy) is 1. The molecule has 1 heterocycles. The highest BCUT2D eigenvalue weighted by Gasteiger charge is 2.15. The molecular weight excluding hydrogens is 270 g/mol. The highest BCUT2D eigenvalue weighted by molar-refractivity contribution is 5.91. The second-order valence-corrected chi connectivity index (χ2v) is 4.67. The Morgan fingerprint density at radius 1 is 1.29 bits per heavy atom. The van der Waals surface area contributed by atoms with Crippen LogP contribution in [0.25, 0.3) is 0 Å². The molecule has 0 unspecified atom stereocenters. The zero-order valence-electron chi connectivity index (χ0n) is 13.1. The Kier molecular flexibility index (Phi) is 8.08. The number of aromatic nitrogens is 2. The normalized spacial score (nSPS) is 11.0. The number of esters is 1. The highest BCUT2D eigenvalue weighted by atomic mass is 16.5. The van der Waals surface area contributed by atoms with Gasteiger partial charge in [-0.2, -0.15) is 0 Å². The molecule has 0 saturated carbocycles. The third-order valence-electron chi connectivity index (χ3n) is 2.90. The molecule has 21 heavy (non-hydrogen) atoms. The van der Waals surface area contributed by atoms with E-state index in [-0.39, 0.29) is 11.5 Å². The number of nitrogens with one attached hydrogen (secondary N) is 1. The number of carbonyl (C=O) groups excluding carboxylic acids is 1. The maximum Gasteiger partial charge on any atom is 0.358 e. The first-order chi connectivity index (χ1) is 10.2. The smallest absolute Gasteiger partial charge is 0.358 e. The van der Waals surface area contributed by atoms with Gasteiger partial charge in [0.1, 0.15) is 0 Å². The van der Waals surface area contributed by atoms with Gasteiger partial charge in [-0.15, -0.1) is 5.11 Å². The van der Waals surface area contributed by atoms with Gasteiger partial charge in [-0.25, -0.2) is 9.78 Å². The molecule has 1 aromatic rings. The molecule has 0 spiro atoms. The summed E-state index contributed by atoms with van der Waals surface area (Å²) in [6.07, 6.45) is 5.76. The molecule has 0 radical (unpaired) electrons. The lowest BCUT2D eigenvalue weighted by Crippen LogP contribution is -2.19. The fourth-order valence-electron chi connectivity index (χ4n) is 1.70. The Balaban J connectivity index is 2.71. The number of H-pyrrole nitrogens is 1. The second-order valence-electron chi connectivity index (χ2n) is 4.67. The minimum absolute atomic E-state index is 0.242. The van der Waals surface area contributed by atoms with E-state index in [0.29, 0.717) is 6.61 Å². The maximum atomic E-state index is 11.7. The standard InChI is InChI=1S/C14H25N5O2/c1-4-7-9-19(10-8-5-2)18-17-13-12(15-11-16-13)14(20)21-6-3/h11H,4-10H2,1-3H3,(H,15,16)/b18-17+. The Morgan fingerprint density at radius 3 is 2.52 bits per heavy atom. The summed E-state index contributed by atoms with van der Waals surface area (Å²) in [5.41, 5.74) is 0.242. The van der Waals surface area contributed by atoms with Gasteiger partial charge in [0.05, 0.1) is 12.9 Å². The monoisotopic (exact) mass is 295 g/mol. The maximum absolute atomic E-state index is 11.7. The third-order valence-corrected chi connectivity index (χ3v) is 2.90. The number of aromatic amines is 1. The van der Waals surface area contributed by atoms with Crippen molar-refractivity contribution in [3.8, 4) is 0 Å². The van der Waals surface area contributed by atoms with Gasteiger partial charge in [0.15, 0.2) is 5.69 Å². The van der Waals surface area contributed by atoms with Gasteiger partial charge in [-0.1, -0.05) is 31.9 Å². The Morgan fingerprint density at radius 2 is 1.95 bits per heavy atom. The van der Waals surface area contributed by atoms with Crippen molar-refractivity contribution in [1.29, 1.82) is 0 Å². The summed E-state index contributed by atoms with van der Waals surface area (Å²) in [4.78, 5) is 18.5. The van der Waals surface area contributed by atoms with Crippen LogP contribution in [-0.4, -0.2) is 40.6 Å². The number of unbranched alkanes of at least 4 members (excludes halogenated alkanes) is 2. The number of hydrogen-bond donors (Lipinski definition) is 1. The highest BCUT2D eigenvalue weighted by Crippen LogP contribution is 2.16. The van der Waals surface area contributed by atoms with Crippen molar-refractivity contribution in [2.75, 3.05) is 19.7 Å². The molecule has 0 aliphatic carbocycles. The van der Waals surface area contributed by atoms with Crippen molar-refractivity contribution in [2.45, 2.75) is 46.5 Å². The first-order valence-corrected chi connectivity index (χ1v) is 7.59. The van der Waals surface area contributed by atoms with E-state index in [1.165, 1.54) is 6.33 Å². The van der Waals surface area contributed by atoms with Crippen molar-refractivity contribution in [1.82, 2.24) is 15.0 Å². The van der Waals surface area contributed by atoms with E-state index in [0.717, 1.165) is 38.8 Å². The van der Waals surface area contributed by atoms with E-state index in [1.54, 1.807) is 6.92 Å². The molecule has 7 nitrogen and oxygen atoms in total. The molecule has 1 aromatic heterocycles. The van der Waals surface area contributed by atoms with Gasteiger partial charge in [-0.3, -0.25) is 5.01 Å². The fraction of sp³-hybridized carbons (Fsp3) is 0.714. The van der Waals surface area contributed by atoms with Crippen LogP contribution >= 0.6 is 0 Å². The molecule has 0 aliphatic rings. The number of hydrogen-bond acceptors (Lipinski definition) is 5. The molecule has 1 rings (SSSR count). The van der Waals surface area contributed by atoms with Crippen LogP contribution in [0.1, 0.15) is 56.9 Å². The molecule has 0 fully saturated rings. The number of carbonyl (C=O) groups is 1. The van der Waals surface area contributed by atoms with Crippen molar-refractivity contribution in [2.24, 2.45) is 10.3 Å². The summed E-state index contributed by atoms with van der Waals surface area (Å²) in [5.74, 6) is -0.191. The van der Waals surface area contributed by atoms with Gasteiger partial charge in [0.25, 0.3) is 0 Å². The van der Waals surface area contributed by atoms with Gasteiger partial charge in [0.2, 0.25) is 5.82 Å². The van der Waals surface area contributed by atoms with Crippen LogP contribution in [0.15, 0.2) is 16.7 Å². The lowest BCUT2D eigenvalue weighted by molar-refractivity contribution is 0.0521. The zero-order valence-corrected chi connectivity index (χ0v) is 13.1. The van der Waals surface area contributed by atoms with Gasteiger partial charge < -0.3 is 9.72 Å². The summed E-state index contributed by atoms with van der Waals surface area (Å²) in [7, 11) is 0. The Hall–Kier alpha value is -1.92. The summed E-state index contributed by atoms with van der Waals surface area (Å²) < 4.78 is 4.94. The van der Waals surface area contributed by atoms with Crippen LogP contribution in [-0.2, 0) is 4.74 Å². The van der Waals surface area contributed by atoms with Crippen molar-refractivity contribution in [3.63, 3.8) is 0 Å². The first-order valence-electron chi connectivity index (χ1n) is 7.59. The molecule has 118 valence electrons. The number of nitrogens with zero attached hydrogens (tertiary/aromatic N) is 4. The van der Waals surface area contributed by atoms with E-state index >= 15 is 0 Å². The van der Waals surface area contributed by atoms with Crippen LogP contribution in [0.4, 0.5) is 5.82 Å². The molecular formula is C14H25N5O2. The Bertz CT molecular complexity index is 436. The molecule has 0 aliphatic heterocycles. The summed E-state index contributed by atoms with van der Waals surface area (Å²) in [5, 5.41) is 10.2. The lowest BCUT2D eigenvalue weighted by atomic mass is 10.3. The molecule has 0 atom stereocenters. The predicted octanol–water partition coefficient (Wildman–Crippen LogP) is 3.49. The Labute approximate surface area is 125 Å². The third kappa shape index (κ3) is 5.93. The minimum atomic E-state index is -0.461. The molecule has 1 N–H and O–H groups in total. The zero-order chi connectivity index (χ0) is 15.5. The second kappa shape index (κ2) is 9.90. The molecule has 7 heteroatoms. The van der Waals surface area contributed by atoms with E-state index < -0.39 is 5.97 Å². The predicted molar refractivity (Wildman–Crippen MR) is 80.4 cm³/mol. The van der Waals surface area contributed by atoms with Gasteiger partial charge in [-0.05, 0) is 19.8 Å². The molecule has 0 bridgehead atoms. The van der Waals surface area contributed by atoms with E-state index in [9.17, 15) is 4.79 Å². The summed E-state index contributed by atoms with van der Waals surface area (Å²) in [6.45, 7) is 8.07. The lowest BCUT2D eigenvalue weighted by Gasteiger charge is -2.16. The largest absolute Gasteiger partial charge is 0.461 e. The average Bonchev–Trinajstić information content (AvgIpc) is 2.95. The van der Waals surface area contributed by atoms with Crippen molar-refractivity contribution < 1.29 is 9.53 Å². The van der Waals surface area contributed by atoms with Crippen LogP contribution < -0.4 is 0 Å². The fourth-order valence-corrected chi connectivity index (χ4v) is 1.70. The van der Waals surface area contributed by atoms with Crippen molar-refractivity contribution >= 4 is 11.8 Å². The van der Waals surface area contributed by atoms with E-state index in [2.05, 4.69) is 34.2 Å².